The van der Waals surface area contributed by atoms with Crippen LogP contribution in [-0.4, -0.2) is 5.67 Å². The van der Waals surface area contributed by atoms with Crippen LogP contribution in [0.15, 0.2) is 24.3 Å². The van der Waals surface area contributed by atoms with Crippen molar-refractivity contribution in [3.63, 3.8) is 0 Å². The van der Waals surface area contributed by atoms with Crippen molar-refractivity contribution in [2.45, 2.75) is 50.0 Å². The third-order valence-electron chi connectivity index (χ3n) is 3.97. The maximum absolute atomic E-state index is 13.7. The first-order valence-electron chi connectivity index (χ1n) is 6.28. The molecule has 0 atom stereocenters. The average molecular weight is 275 g/mol. The molecule has 0 unspecified atom stereocenters. The van der Waals surface area contributed by atoms with Gasteiger partial charge in [-0.2, -0.15) is 13.2 Å². The maximum Gasteiger partial charge on any atom is 0.416 e. The van der Waals surface area contributed by atoms with Crippen LogP contribution in [0.1, 0.15) is 43.7 Å². The number of rotatable bonds is 1. The molecule has 0 heterocycles. The molecule has 1 aromatic rings. The van der Waals surface area contributed by atoms with Gasteiger partial charge in [0.15, 0.2) is 0 Å². The number of nitrogens with two attached hydrogens (primary N) is 1. The van der Waals surface area contributed by atoms with Crippen LogP contribution in [0.25, 0.3) is 0 Å². The van der Waals surface area contributed by atoms with Crippen LogP contribution in [0.2, 0.25) is 0 Å². The van der Waals surface area contributed by atoms with Gasteiger partial charge in [-0.1, -0.05) is 12.1 Å². The molecule has 0 saturated heterocycles. The molecule has 0 spiro atoms. The molecule has 106 valence electrons. The highest BCUT2D eigenvalue weighted by Gasteiger charge is 2.39. The highest BCUT2D eigenvalue weighted by molar-refractivity contribution is 5.30. The number of hydrogen-bond acceptors (Lipinski definition) is 1. The van der Waals surface area contributed by atoms with E-state index >= 15 is 0 Å². The zero-order valence-corrected chi connectivity index (χ0v) is 10.7. The predicted octanol–water partition coefficient (Wildman–Crippen LogP) is 4.16. The fraction of sp³-hybridized carbons (Fsp3) is 0.571. The second-order valence-corrected chi connectivity index (χ2v) is 5.64. The van der Waals surface area contributed by atoms with Crippen LogP contribution in [-0.2, 0) is 11.7 Å². The normalized spacial score (nSPS) is 32.3. The number of benzene rings is 1. The Kier molecular flexibility index (Phi) is 3.37. The zero-order valence-electron chi connectivity index (χ0n) is 10.7. The number of halogens is 4. The largest absolute Gasteiger partial charge is 0.416 e. The van der Waals surface area contributed by atoms with E-state index in [1.807, 2.05) is 0 Å². The van der Waals surface area contributed by atoms with Crippen LogP contribution >= 0.6 is 0 Å². The lowest BCUT2D eigenvalue weighted by Gasteiger charge is -2.39. The second kappa shape index (κ2) is 4.47. The highest BCUT2D eigenvalue weighted by Crippen LogP contribution is 2.41. The van der Waals surface area contributed by atoms with Gasteiger partial charge in [-0.15, -0.1) is 0 Å². The summed E-state index contributed by atoms with van der Waals surface area (Å²) < 4.78 is 51.2. The van der Waals surface area contributed by atoms with E-state index in [9.17, 15) is 17.6 Å². The van der Waals surface area contributed by atoms with E-state index in [1.165, 1.54) is 12.1 Å². The van der Waals surface area contributed by atoms with E-state index in [0.717, 1.165) is 12.1 Å². The van der Waals surface area contributed by atoms with E-state index in [-0.39, 0.29) is 0 Å². The SMILES string of the molecule is CC1(F)CCC(N)(c2ccc(C(F)(F)F)cc2)CC1. The summed E-state index contributed by atoms with van der Waals surface area (Å²) >= 11 is 0. The quantitative estimate of drug-likeness (QED) is 0.765. The van der Waals surface area contributed by atoms with Gasteiger partial charge in [0.05, 0.1) is 5.56 Å². The van der Waals surface area contributed by atoms with Crippen molar-refractivity contribution in [1.29, 1.82) is 0 Å². The Morgan fingerprint density at radius 2 is 1.47 bits per heavy atom. The Bertz CT molecular complexity index is 438. The van der Waals surface area contributed by atoms with Gasteiger partial charge in [-0.3, -0.25) is 0 Å². The molecule has 1 aromatic carbocycles. The van der Waals surface area contributed by atoms with Crippen molar-refractivity contribution in [3.8, 4) is 0 Å². The molecule has 1 nitrogen and oxygen atoms in total. The summed E-state index contributed by atoms with van der Waals surface area (Å²) in [5.74, 6) is 0. The van der Waals surface area contributed by atoms with Gasteiger partial charge in [0.2, 0.25) is 0 Å². The molecule has 1 aliphatic carbocycles. The predicted molar refractivity (Wildman–Crippen MR) is 65.3 cm³/mol. The number of alkyl halides is 4. The lowest BCUT2D eigenvalue weighted by molar-refractivity contribution is -0.137. The third-order valence-corrected chi connectivity index (χ3v) is 3.97. The van der Waals surface area contributed by atoms with E-state index in [4.69, 9.17) is 5.73 Å². The third kappa shape index (κ3) is 3.08. The Morgan fingerprint density at radius 1 is 1.00 bits per heavy atom. The molecule has 1 fully saturated rings. The Labute approximate surface area is 109 Å². The Morgan fingerprint density at radius 3 is 1.89 bits per heavy atom. The van der Waals surface area contributed by atoms with Crippen molar-refractivity contribution in [1.82, 2.24) is 0 Å². The monoisotopic (exact) mass is 275 g/mol. The minimum absolute atomic E-state index is 0.338. The van der Waals surface area contributed by atoms with Crippen molar-refractivity contribution in [2.24, 2.45) is 5.73 Å². The Hall–Kier alpha value is -1.10. The van der Waals surface area contributed by atoms with Crippen molar-refractivity contribution < 1.29 is 17.6 Å². The molecule has 0 aromatic heterocycles. The fourth-order valence-electron chi connectivity index (χ4n) is 2.50. The van der Waals surface area contributed by atoms with Gasteiger partial charge >= 0.3 is 6.18 Å². The molecule has 0 aliphatic heterocycles. The first kappa shape index (κ1) is 14.3. The molecule has 1 saturated carbocycles. The summed E-state index contributed by atoms with van der Waals surface area (Å²) in [6.07, 6.45) is -2.77. The molecular formula is C14H17F4N. The van der Waals surface area contributed by atoms with Crippen LogP contribution in [0.4, 0.5) is 17.6 Å². The lowest BCUT2D eigenvalue weighted by atomic mass is 9.72. The van der Waals surface area contributed by atoms with Crippen LogP contribution < -0.4 is 5.73 Å². The summed E-state index contributed by atoms with van der Waals surface area (Å²) in [5.41, 5.74) is 4.25. The Balaban J connectivity index is 2.19. The molecule has 2 rings (SSSR count). The first-order chi connectivity index (χ1) is 8.62. The number of hydrogen-bond donors (Lipinski definition) is 1. The average Bonchev–Trinajstić information content (AvgIpc) is 2.33. The van der Waals surface area contributed by atoms with Crippen molar-refractivity contribution >= 4 is 0 Å². The maximum atomic E-state index is 13.7. The van der Waals surface area contributed by atoms with Crippen LogP contribution in [0.3, 0.4) is 0 Å². The van der Waals surface area contributed by atoms with E-state index < -0.39 is 22.9 Å². The molecule has 2 N–H and O–H groups in total. The zero-order chi connectivity index (χ0) is 14.3. The first-order valence-corrected chi connectivity index (χ1v) is 6.28. The van der Waals surface area contributed by atoms with E-state index in [1.54, 1.807) is 6.92 Å². The molecule has 1 aliphatic rings. The highest BCUT2D eigenvalue weighted by atomic mass is 19.4. The van der Waals surface area contributed by atoms with E-state index in [2.05, 4.69) is 0 Å². The van der Waals surface area contributed by atoms with Crippen molar-refractivity contribution in [2.75, 3.05) is 0 Å². The topological polar surface area (TPSA) is 26.0 Å². The summed E-state index contributed by atoms with van der Waals surface area (Å²) in [6.45, 7) is 1.54. The second-order valence-electron chi connectivity index (χ2n) is 5.64. The van der Waals surface area contributed by atoms with Gasteiger partial charge in [0.1, 0.15) is 5.67 Å². The minimum atomic E-state index is -4.34. The molecular weight excluding hydrogens is 258 g/mol. The standard InChI is InChI=1S/C14H17F4N/c1-12(15)6-8-13(19,9-7-12)10-2-4-11(5-3-10)14(16,17)18/h2-5H,6-9,19H2,1H3. The molecule has 19 heavy (non-hydrogen) atoms. The van der Waals surface area contributed by atoms with Crippen LogP contribution in [0.5, 0.6) is 0 Å². The lowest BCUT2D eigenvalue weighted by Crippen LogP contribution is -2.43. The van der Waals surface area contributed by atoms with Gasteiger partial charge in [0, 0.05) is 5.54 Å². The van der Waals surface area contributed by atoms with Gasteiger partial charge < -0.3 is 5.73 Å². The van der Waals surface area contributed by atoms with Gasteiger partial charge in [-0.25, -0.2) is 4.39 Å². The van der Waals surface area contributed by atoms with Crippen LogP contribution in [0, 0.1) is 0 Å². The molecule has 0 bridgehead atoms. The molecule has 0 radical (unpaired) electrons. The molecule has 0 amide bonds. The minimum Gasteiger partial charge on any atom is -0.321 e. The fourth-order valence-corrected chi connectivity index (χ4v) is 2.50. The van der Waals surface area contributed by atoms with Gasteiger partial charge in [0.25, 0.3) is 0 Å². The smallest absolute Gasteiger partial charge is 0.321 e. The van der Waals surface area contributed by atoms with Crippen molar-refractivity contribution in [3.05, 3.63) is 35.4 Å². The summed E-state index contributed by atoms with van der Waals surface area (Å²) in [5, 5.41) is 0. The summed E-state index contributed by atoms with van der Waals surface area (Å²) in [6, 6.07) is 4.88. The summed E-state index contributed by atoms with van der Waals surface area (Å²) in [7, 11) is 0. The van der Waals surface area contributed by atoms with E-state index in [0.29, 0.717) is 31.2 Å². The van der Waals surface area contributed by atoms with Gasteiger partial charge in [-0.05, 0) is 50.3 Å². The molecule has 5 heteroatoms. The summed E-state index contributed by atoms with van der Waals surface area (Å²) in [4.78, 5) is 0.